The highest BCUT2D eigenvalue weighted by molar-refractivity contribution is 6.03. The largest absolute Gasteiger partial charge is 0.358 e. The molecule has 1 heterocycles. The van der Waals surface area contributed by atoms with Crippen molar-refractivity contribution in [3.63, 3.8) is 0 Å². The van der Waals surface area contributed by atoms with Crippen LogP contribution in [-0.4, -0.2) is 29.7 Å². The smallest absolute Gasteiger partial charge is 0.276 e. The van der Waals surface area contributed by atoms with Gasteiger partial charge in [0.05, 0.1) is 0 Å². The van der Waals surface area contributed by atoms with E-state index in [-0.39, 0.29) is 5.91 Å². The molecule has 0 bridgehead atoms. The molecule has 0 saturated heterocycles. The molecule has 0 saturated carbocycles. The van der Waals surface area contributed by atoms with Gasteiger partial charge in [0.25, 0.3) is 5.91 Å². The van der Waals surface area contributed by atoms with Crippen LogP contribution in [0.4, 0.5) is 11.5 Å². The molecule has 1 N–H and O–H groups in total. The number of hydrogen-bond donors (Lipinski definition) is 1. The van der Waals surface area contributed by atoms with Crippen molar-refractivity contribution in [2.24, 2.45) is 0 Å². The summed E-state index contributed by atoms with van der Waals surface area (Å²) in [6.07, 6.45) is 2.24. The first kappa shape index (κ1) is 16.9. The quantitative estimate of drug-likeness (QED) is 0.885. The van der Waals surface area contributed by atoms with Gasteiger partial charge in [0.15, 0.2) is 11.5 Å². The van der Waals surface area contributed by atoms with E-state index >= 15 is 0 Å². The van der Waals surface area contributed by atoms with Crippen molar-refractivity contribution >= 4 is 17.4 Å². The van der Waals surface area contributed by atoms with Crippen molar-refractivity contribution in [2.75, 3.05) is 23.8 Å². The molecule has 1 aromatic carbocycles. The summed E-state index contributed by atoms with van der Waals surface area (Å²) < 4.78 is 0. The summed E-state index contributed by atoms with van der Waals surface area (Å²) in [5, 5.41) is 11.1. The topological polar surface area (TPSA) is 58.1 Å². The van der Waals surface area contributed by atoms with E-state index in [4.69, 9.17) is 0 Å². The second kappa shape index (κ2) is 7.72. The molecule has 0 spiro atoms. The van der Waals surface area contributed by atoms with Crippen LogP contribution in [0.3, 0.4) is 0 Å². The van der Waals surface area contributed by atoms with Crippen molar-refractivity contribution in [2.45, 2.75) is 33.6 Å². The van der Waals surface area contributed by atoms with Gasteiger partial charge in [-0.05, 0) is 49.6 Å². The van der Waals surface area contributed by atoms with Crippen LogP contribution < -0.4 is 10.2 Å². The SMILES string of the molecule is CCCCN(C)c1ccc(C(=O)Nc2cccc(C)c2C)nn1. The van der Waals surface area contributed by atoms with Crippen LogP contribution >= 0.6 is 0 Å². The number of hydrogen-bond acceptors (Lipinski definition) is 4. The molecule has 2 aromatic rings. The van der Waals surface area contributed by atoms with Crippen LogP contribution in [0.25, 0.3) is 0 Å². The fourth-order valence-electron chi connectivity index (χ4n) is 2.23. The van der Waals surface area contributed by atoms with Crippen LogP contribution in [0.5, 0.6) is 0 Å². The molecule has 0 fully saturated rings. The molecule has 5 heteroatoms. The van der Waals surface area contributed by atoms with E-state index in [1.807, 2.05) is 50.1 Å². The predicted octanol–water partition coefficient (Wildman–Crippen LogP) is 3.58. The molecule has 0 atom stereocenters. The lowest BCUT2D eigenvalue weighted by Crippen LogP contribution is -2.21. The monoisotopic (exact) mass is 312 g/mol. The lowest BCUT2D eigenvalue weighted by molar-refractivity contribution is 0.102. The summed E-state index contributed by atoms with van der Waals surface area (Å²) in [7, 11) is 1.98. The number of aromatic nitrogens is 2. The van der Waals surface area contributed by atoms with Crippen molar-refractivity contribution in [3.05, 3.63) is 47.2 Å². The van der Waals surface area contributed by atoms with Crippen molar-refractivity contribution in [3.8, 4) is 0 Å². The highest BCUT2D eigenvalue weighted by atomic mass is 16.1. The Morgan fingerprint density at radius 1 is 1.17 bits per heavy atom. The fraction of sp³-hybridized carbons (Fsp3) is 0.389. The van der Waals surface area contributed by atoms with E-state index in [1.54, 1.807) is 6.07 Å². The highest BCUT2D eigenvalue weighted by Crippen LogP contribution is 2.18. The molecule has 0 aliphatic heterocycles. The van der Waals surface area contributed by atoms with Gasteiger partial charge in [-0.2, -0.15) is 0 Å². The van der Waals surface area contributed by atoms with E-state index in [2.05, 4.69) is 22.4 Å². The Bertz CT molecular complexity index is 667. The van der Waals surface area contributed by atoms with E-state index in [0.29, 0.717) is 5.69 Å². The first-order valence-corrected chi connectivity index (χ1v) is 7.95. The summed E-state index contributed by atoms with van der Waals surface area (Å²) in [4.78, 5) is 14.3. The number of unbranched alkanes of at least 4 members (excludes halogenated alkanes) is 1. The third kappa shape index (κ3) is 4.28. The second-order valence-corrected chi connectivity index (χ2v) is 5.75. The van der Waals surface area contributed by atoms with E-state index < -0.39 is 0 Å². The number of nitrogens with zero attached hydrogens (tertiary/aromatic N) is 3. The van der Waals surface area contributed by atoms with Crippen molar-refractivity contribution < 1.29 is 4.79 Å². The zero-order valence-corrected chi connectivity index (χ0v) is 14.3. The molecular weight excluding hydrogens is 288 g/mol. The molecule has 0 aliphatic rings. The van der Waals surface area contributed by atoms with Gasteiger partial charge in [0, 0.05) is 19.3 Å². The Labute approximate surface area is 137 Å². The molecule has 2 rings (SSSR count). The Hall–Kier alpha value is -2.43. The molecule has 1 amide bonds. The third-order valence-corrected chi connectivity index (χ3v) is 3.97. The molecule has 122 valence electrons. The number of nitrogens with one attached hydrogen (secondary N) is 1. The van der Waals surface area contributed by atoms with Crippen molar-refractivity contribution in [1.29, 1.82) is 0 Å². The summed E-state index contributed by atoms with van der Waals surface area (Å²) >= 11 is 0. The Balaban J connectivity index is 2.07. The van der Waals surface area contributed by atoms with Crippen molar-refractivity contribution in [1.82, 2.24) is 10.2 Å². The van der Waals surface area contributed by atoms with Gasteiger partial charge in [-0.15, -0.1) is 10.2 Å². The number of rotatable bonds is 6. The molecule has 0 unspecified atom stereocenters. The average Bonchev–Trinajstić information content (AvgIpc) is 2.57. The zero-order valence-electron chi connectivity index (χ0n) is 14.3. The van der Waals surface area contributed by atoms with Crippen LogP contribution in [0.2, 0.25) is 0 Å². The average molecular weight is 312 g/mol. The lowest BCUT2D eigenvalue weighted by atomic mass is 10.1. The molecule has 0 radical (unpaired) electrons. The number of amides is 1. The minimum Gasteiger partial charge on any atom is -0.358 e. The summed E-state index contributed by atoms with van der Waals surface area (Å²) in [5.74, 6) is 0.538. The predicted molar refractivity (Wildman–Crippen MR) is 94.1 cm³/mol. The maximum atomic E-state index is 12.3. The Morgan fingerprint density at radius 2 is 1.96 bits per heavy atom. The number of benzene rings is 1. The fourth-order valence-corrected chi connectivity index (χ4v) is 2.23. The summed E-state index contributed by atoms with van der Waals surface area (Å²) in [6, 6.07) is 9.38. The van der Waals surface area contributed by atoms with Gasteiger partial charge in [-0.3, -0.25) is 4.79 Å². The highest BCUT2D eigenvalue weighted by Gasteiger charge is 2.11. The van der Waals surface area contributed by atoms with Crippen LogP contribution in [0, 0.1) is 13.8 Å². The minimum atomic E-state index is -0.242. The maximum absolute atomic E-state index is 12.3. The third-order valence-electron chi connectivity index (χ3n) is 3.97. The molecule has 0 aliphatic carbocycles. The molecule has 5 nitrogen and oxygen atoms in total. The number of carbonyl (C=O) groups is 1. The number of carbonyl (C=O) groups excluding carboxylic acids is 1. The van der Waals surface area contributed by atoms with Gasteiger partial charge < -0.3 is 10.2 Å². The van der Waals surface area contributed by atoms with E-state index in [9.17, 15) is 4.79 Å². The first-order valence-electron chi connectivity index (χ1n) is 7.95. The zero-order chi connectivity index (χ0) is 16.8. The number of anilines is 2. The van der Waals surface area contributed by atoms with Gasteiger partial charge in [0.2, 0.25) is 0 Å². The molecule has 1 aromatic heterocycles. The number of aryl methyl sites for hydroxylation is 1. The standard InChI is InChI=1S/C18H24N4O/c1-5-6-12-22(4)17-11-10-16(20-21-17)18(23)19-15-9-7-8-13(2)14(15)3/h7-11H,5-6,12H2,1-4H3,(H,19,23). The van der Waals surface area contributed by atoms with Gasteiger partial charge in [-0.25, -0.2) is 0 Å². The van der Waals surface area contributed by atoms with Gasteiger partial charge in [-0.1, -0.05) is 25.5 Å². The molecule has 23 heavy (non-hydrogen) atoms. The van der Waals surface area contributed by atoms with Crippen LogP contribution in [0.15, 0.2) is 30.3 Å². The first-order chi connectivity index (χ1) is 11.0. The van der Waals surface area contributed by atoms with Gasteiger partial charge >= 0.3 is 0 Å². The lowest BCUT2D eigenvalue weighted by Gasteiger charge is -2.17. The van der Waals surface area contributed by atoms with Crippen LogP contribution in [0.1, 0.15) is 41.4 Å². The van der Waals surface area contributed by atoms with E-state index in [1.165, 1.54) is 0 Å². The Kier molecular flexibility index (Phi) is 5.68. The minimum absolute atomic E-state index is 0.242. The summed E-state index contributed by atoms with van der Waals surface area (Å²) in [5.41, 5.74) is 3.32. The summed E-state index contributed by atoms with van der Waals surface area (Å²) in [6.45, 7) is 7.09. The normalized spacial score (nSPS) is 10.4. The molecular formula is C18H24N4O. The maximum Gasteiger partial charge on any atom is 0.276 e. The Morgan fingerprint density at radius 3 is 2.61 bits per heavy atom. The van der Waals surface area contributed by atoms with Gasteiger partial charge in [0.1, 0.15) is 0 Å². The second-order valence-electron chi connectivity index (χ2n) is 5.75. The van der Waals surface area contributed by atoms with Crippen LogP contribution in [-0.2, 0) is 0 Å². The van der Waals surface area contributed by atoms with E-state index in [0.717, 1.165) is 42.0 Å².